The molecule has 0 amide bonds. The second kappa shape index (κ2) is 14.7. The minimum absolute atomic E-state index is 0.475. The highest BCUT2D eigenvalue weighted by molar-refractivity contribution is 7.22. The van der Waals surface area contributed by atoms with E-state index in [1.807, 2.05) is 50.2 Å². The van der Waals surface area contributed by atoms with E-state index in [-0.39, 0.29) is 0 Å². The number of rotatable bonds is 9. The van der Waals surface area contributed by atoms with Crippen LogP contribution in [0.3, 0.4) is 0 Å². The Labute approximate surface area is 286 Å². The van der Waals surface area contributed by atoms with E-state index in [0.29, 0.717) is 24.0 Å². The van der Waals surface area contributed by atoms with Crippen LogP contribution in [0.2, 0.25) is 0 Å². The number of ether oxygens (including phenoxy) is 2. The van der Waals surface area contributed by atoms with Crippen LogP contribution in [0.25, 0.3) is 9.75 Å². The van der Waals surface area contributed by atoms with Gasteiger partial charge in [-0.2, -0.15) is 0 Å². The summed E-state index contributed by atoms with van der Waals surface area (Å²) >= 11 is 3.40. The number of aliphatic hydroxyl groups excluding tert-OH is 8. The van der Waals surface area contributed by atoms with Gasteiger partial charge in [-0.1, -0.05) is 36.4 Å². The molecule has 0 spiro atoms. The molecule has 258 valence electrons. The summed E-state index contributed by atoms with van der Waals surface area (Å²) in [4.78, 5) is 4.57. The molecule has 10 atom stereocenters. The third-order valence-electron chi connectivity index (χ3n) is 9.48. The number of aliphatic hydroxyl groups is 8. The second-order valence-electron chi connectivity index (χ2n) is 12.8. The van der Waals surface area contributed by atoms with Gasteiger partial charge in [0, 0.05) is 32.4 Å². The van der Waals surface area contributed by atoms with Crippen molar-refractivity contribution in [3.8, 4) is 9.75 Å². The van der Waals surface area contributed by atoms with Crippen molar-refractivity contribution in [1.82, 2.24) is 0 Å². The maximum atomic E-state index is 10.6. The molecular weight excluding hydrogens is 657 g/mol. The maximum absolute atomic E-state index is 10.6. The van der Waals surface area contributed by atoms with Crippen LogP contribution in [0.15, 0.2) is 60.7 Å². The zero-order valence-electron chi connectivity index (χ0n) is 26.6. The summed E-state index contributed by atoms with van der Waals surface area (Å²) in [6.07, 6.45) is -10.7. The number of hydrogen-bond acceptors (Lipinski definition) is 12. The van der Waals surface area contributed by atoms with Gasteiger partial charge < -0.3 is 50.3 Å². The smallest absolute Gasteiger partial charge is 0.113 e. The Morgan fingerprint density at radius 1 is 0.521 bits per heavy atom. The van der Waals surface area contributed by atoms with Crippen LogP contribution >= 0.6 is 22.7 Å². The molecule has 2 fully saturated rings. The largest absolute Gasteiger partial charge is 0.394 e. The number of benzene rings is 2. The van der Waals surface area contributed by atoms with Crippen LogP contribution in [0.5, 0.6) is 0 Å². The first kappa shape index (κ1) is 35.3. The van der Waals surface area contributed by atoms with Crippen LogP contribution < -0.4 is 0 Å². The molecule has 6 rings (SSSR count). The average Bonchev–Trinajstić information content (AvgIpc) is 3.75. The number of hydrogen-bond donors (Lipinski definition) is 8. The first-order valence-electron chi connectivity index (χ1n) is 16.0. The van der Waals surface area contributed by atoms with E-state index >= 15 is 0 Å². The first-order valence-corrected chi connectivity index (χ1v) is 17.6. The van der Waals surface area contributed by atoms with Crippen LogP contribution in [0.1, 0.15) is 55.3 Å². The molecule has 2 aromatic carbocycles. The van der Waals surface area contributed by atoms with Crippen molar-refractivity contribution in [2.24, 2.45) is 0 Å². The van der Waals surface area contributed by atoms with E-state index in [1.165, 1.54) is 0 Å². The number of aryl methyl sites for hydroxylation is 2. The average molecular weight is 699 g/mol. The van der Waals surface area contributed by atoms with Crippen LogP contribution in [-0.4, -0.2) is 103 Å². The van der Waals surface area contributed by atoms with Crippen LogP contribution in [-0.2, 0) is 22.3 Å². The molecule has 0 radical (unpaired) electrons. The third-order valence-corrected chi connectivity index (χ3v) is 11.8. The minimum atomic E-state index is -1.43. The standard InChI is InChI=1S/C36H42O10S2/c1-17-3-5-19(35-33(43)31(41)29(39)25(15-37)45-35)11-21(17)13-23-7-9-27(47-23)28-10-8-24(48-28)14-22-12-20(6-4-18(22)2)36-34(44)32(42)30(40)26(16-38)46-36/h3-12,25-26,29-44H,13-16H2,1-2H3/t25-,26-,29-,30-,31+,32+,33-,34-,35+,36+/m1/s1. The lowest BCUT2D eigenvalue weighted by atomic mass is 9.89. The highest BCUT2D eigenvalue weighted by Crippen LogP contribution is 2.38. The van der Waals surface area contributed by atoms with Gasteiger partial charge in [0.15, 0.2) is 0 Å². The van der Waals surface area contributed by atoms with Gasteiger partial charge in [0.05, 0.1) is 13.2 Å². The van der Waals surface area contributed by atoms with Crippen molar-refractivity contribution in [2.45, 2.75) is 87.7 Å². The first-order chi connectivity index (χ1) is 23.0. The van der Waals surface area contributed by atoms with Crippen molar-refractivity contribution in [3.05, 3.63) is 104 Å². The van der Waals surface area contributed by atoms with Crippen molar-refractivity contribution in [2.75, 3.05) is 13.2 Å². The molecular formula is C36H42O10S2. The van der Waals surface area contributed by atoms with Crippen molar-refractivity contribution in [1.29, 1.82) is 0 Å². The zero-order valence-corrected chi connectivity index (χ0v) is 28.2. The van der Waals surface area contributed by atoms with Crippen molar-refractivity contribution >= 4 is 22.7 Å². The molecule has 8 N–H and O–H groups in total. The quantitative estimate of drug-likeness (QED) is 0.129. The fraction of sp³-hybridized carbons (Fsp3) is 0.444. The Morgan fingerprint density at radius 3 is 1.29 bits per heavy atom. The monoisotopic (exact) mass is 698 g/mol. The van der Waals surface area contributed by atoms with E-state index in [4.69, 9.17) is 9.47 Å². The molecule has 48 heavy (non-hydrogen) atoms. The maximum Gasteiger partial charge on any atom is 0.113 e. The SMILES string of the molecule is Cc1ccc([C@@H]2O[C@H](CO)[C@@H](O)[C@H](O)[C@H]2O)cc1Cc1ccc(-c2ccc(Cc3cc([C@@H]4O[C@H](CO)[C@@H](O)[C@H](O)[C@H]4O)ccc3C)s2)s1. The summed E-state index contributed by atoms with van der Waals surface area (Å²) < 4.78 is 11.6. The molecule has 12 heteroatoms. The van der Waals surface area contributed by atoms with Crippen LogP contribution in [0.4, 0.5) is 0 Å². The molecule has 0 unspecified atom stereocenters. The fourth-order valence-electron chi connectivity index (χ4n) is 6.46. The van der Waals surface area contributed by atoms with Crippen molar-refractivity contribution < 1.29 is 50.3 Å². The normalized spacial score (nSPS) is 30.9. The topological polar surface area (TPSA) is 180 Å². The number of thiophene rings is 2. The summed E-state index contributed by atoms with van der Waals surface area (Å²) in [5.74, 6) is 0. The van der Waals surface area contributed by atoms with Gasteiger partial charge in [0.1, 0.15) is 61.0 Å². The predicted molar refractivity (Wildman–Crippen MR) is 181 cm³/mol. The Morgan fingerprint density at radius 2 is 0.917 bits per heavy atom. The minimum Gasteiger partial charge on any atom is -0.394 e. The van der Waals surface area contributed by atoms with E-state index < -0.39 is 74.3 Å². The summed E-state index contributed by atoms with van der Waals surface area (Å²) in [7, 11) is 0. The molecule has 0 aliphatic carbocycles. The fourth-order valence-corrected chi connectivity index (χ4v) is 8.61. The van der Waals surface area contributed by atoms with Crippen LogP contribution in [0, 0.1) is 13.8 Å². The summed E-state index contributed by atoms with van der Waals surface area (Å²) in [5, 5.41) is 81.4. The predicted octanol–water partition coefficient (Wildman–Crippen LogP) is 2.30. The van der Waals surface area contributed by atoms with Gasteiger partial charge in [-0.05, 0) is 71.5 Å². The van der Waals surface area contributed by atoms with E-state index in [0.717, 1.165) is 41.8 Å². The molecule has 2 aromatic heterocycles. The highest BCUT2D eigenvalue weighted by Gasteiger charge is 2.45. The lowest BCUT2D eigenvalue weighted by Crippen LogP contribution is -2.55. The molecule has 2 aliphatic rings. The van der Waals surface area contributed by atoms with Gasteiger partial charge in [-0.3, -0.25) is 0 Å². The van der Waals surface area contributed by atoms with Gasteiger partial charge in [0.25, 0.3) is 0 Å². The van der Waals surface area contributed by atoms with Crippen molar-refractivity contribution in [3.63, 3.8) is 0 Å². The molecule has 0 bridgehead atoms. The Hall–Kier alpha value is -2.56. The van der Waals surface area contributed by atoms with E-state index in [2.05, 4.69) is 24.3 Å². The summed E-state index contributed by atoms with van der Waals surface area (Å²) in [6.45, 7) is 3.08. The Balaban J connectivity index is 1.16. The lowest BCUT2D eigenvalue weighted by molar-refractivity contribution is -0.231. The molecule has 10 nitrogen and oxygen atoms in total. The van der Waals surface area contributed by atoms with E-state index in [1.54, 1.807) is 22.7 Å². The molecule has 0 saturated carbocycles. The lowest BCUT2D eigenvalue weighted by Gasteiger charge is -2.40. The second-order valence-corrected chi connectivity index (χ2v) is 15.1. The summed E-state index contributed by atoms with van der Waals surface area (Å²) in [5.41, 5.74) is 5.55. The zero-order chi connectivity index (χ0) is 34.3. The highest BCUT2D eigenvalue weighted by atomic mass is 32.1. The third kappa shape index (κ3) is 7.04. The Kier molecular flexibility index (Phi) is 10.8. The van der Waals surface area contributed by atoms with E-state index in [9.17, 15) is 40.9 Å². The van der Waals surface area contributed by atoms with Gasteiger partial charge in [-0.25, -0.2) is 0 Å². The molecule has 4 heterocycles. The van der Waals surface area contributed by atoms with Gasteiger partial charge >= 0.3 is 0 Å². The molecule has 4 aromatic rings. The molecule has 2 aliphatic heterocycles. The van der Waals surface area contributed by atoms with Gasteiger partial charge in [0.2, 0.25) is 0 Å². The molecule has 2 saturated heterocycles. The summed E-state index contributed by atoms with van der Waals surface area (Å²) in [6, 6.07) is 19.9. The Bertz CT molecular complexity index is 1580. The van der Waals surface area contributed by atoms with Gasteiger partial charge in [-0.15, -0.1) is 22.7 Å².